The molecule has 2 aliphatic heterocycles. The molecule has 1 N–H and O–H groups in total. The van der Waals surface area contributed by atoms with Crippen LogP contribution in [-0.4, -0.2) is 49.1 Å². The molecular formula is C9H14N2O3. The van der Waals surface area contributed by atoms with E-state index in [1.165, 1.54) is 0 Å². The van der Waals surface area contributed by atoms with Crippen LogP contribution in [0.5, 0.6) is 0 Å². The summed E-state index contributed by atoms with van der Waals surface area (Å²) in [6.45, 7) is 2.07. The molecule has 2 rings (SSSR count). The maximum atomic E-state index is 11.1. The fraction of sp³-hybridized carbons (Fsp3) is 0.778. The number of nitrogens with one attached hydrogen (secondary N) is 1. The van der Waals surface area contributed by atoms with Gasteiger partial charge in [-0.05, 0) is 12.8 Å². The van der Waals surface area contributed by atoms with Crippen molar-refractivity contribution in [2.75, 3.05) is 26.3 Å². The lowest BCUT2D eigenvalue weighted by Gasteiger charge is -2.35. The summed E-state index contributed by atoms with van der Waals surface area (Å²) in [4.78, 5) is 24.1. The van der Waals surface area contributed by atoms with Gasteiger partial charge in [0.05, 0.1) is 19.7 Å². The lowest BCUT2D eigenvalue weighted by Crippen LogP contribution is -2.56. The molecule has 1 atom stereocenters. The van der Waals surface area contributed by atoms with E-state index in [1.807, 2.05) is 4.90 Å². The summed E-state index contributed by atoms with van der Waals surface area (Å²) in [5.41, 5.74) is 0. The molecule has 0 aromatic heterocycles. The van der Waals surface area contributed by atoms with E-state index >= 15 is 0 Å². The summed E-state index contributed by atoms with van der Waals surface area (Å²) in [6, 6.07) is 0.235. The predicted molar refractivity (Wildman–Crippen MR) is 48.6 cm³/mol. The summed E-state index contributed by atoms with van der Waals surface area (Å²) in [6.07, 6.45) is 2.03. The molecule has 2 heterocycles. The van der Waals surface area contributed by atoms with Crippen LogP contribution in [0.1, 0.15) is 12.8 Å². The van der Waals surface area contributed by atoms with E-state index in [0.29, 0.717) is 19.7 Å². The quantitative estimate of drug-likeness (QED) is 0.556. The Morgan fingerprint density at radius 3 is 2.57 bits per heavy atom. The second-order valence-electron chi connectivity index (χ2n) is 3.75. The minimum Gasteiger partial charge on any atom is -0.380 e. The maximum Gasteiger partial charge on any atom is 0.240 e. The van der Waals surface area contributed by atoms with Gasteiger partial charge in [0.25, 0.3) is 0 Å². The summed E-state index contributed by atoms with van der Waals surface area (Å²) in [7, 11) is 0. The Balaban J connectivity index is 1.95. The Bertz CT molecular complexity index is 232. The Morgan fingerprint density at radius 2 is 2.00 bits per heavy atom. The molecule has 0 saturated carbocycles. The van der Waals surface area contributed by atoms with Crippen molar-refractivity contribution in [3.8, 4) is 0 Å². The molecule has 5 heteroatoms. The highest BCUT2D eigenvalue weighted by Crippen LogP contribution is 2.13. The average molecular weight is 198 g/mol. The van der Waals surface area contributed by atoms with Gasteiger partial charge in [-0.3, -0.25) is 19.8 Å². The molecule has 2 saturated heterocycles. The summed E-state index contributed by atoms with van der Waals surface area (Å²) >= 11 is 0. The molecule has 1 unspecified atom stereocenters. The number of hydrogen-bond donors (Lipinski definition) is 1. The van der Waals surface area contributed by atoms with Crippen molar-refractivity contribution in [1.82, 2.24) is 10.2 Å². The summed E-state index contributed by atoms with van der Waals surface area (Å²) < 4.78 is 5.32. The van der Waals surface area contributed by atoms with Crippen LogP contribution in [0.15, 0.2) is 0 Å². The van der Waals surface area contributed by atoms with Crippen molar-refractivity contribution in [3.05, 3.63) is 0 Å². The molecule has 0 bridgehead atoms. The van der Waals surface area contributed by atoms with Crippen LogP contribution >= 0.6 is 0 Å². The topological polar surface area (TPSA) is 58.6 Å². The van der Waals surface area contributed by atoms with Crippen LogP contribution in [0.4, 0.5) is 0 Å². The number of hydrogen-bond acceptors (Lipinski definition) is 4. The van der Waals surface area contributed by atoms with E-state index in [-0.39, 0.29) is 17.9 Å². The third kappa shape index (κ3) is 2.10. The van der Waals surface area contributed by atoms with Gasteiger partial charge in [0.1, 0.15) is 0 Å². The van der Waals surface area contributed by atoms with Gasteiger partial charge >= 0.3 is 0 Å². The second kappa shape index (κ2) is 4.06. The lowest BCUT2D eigenvalue weighted by atomic mass is 10.1. The summed E-state index contributed by atoms with van der Waals surface area (Å²) in [5, 5.41) is 2.29. The van der Waals surface area contributed by atoms with Gasteiger partial charge in [-0.2, -0.15) is 0 Å². The molecule has 0 aliphatic carbocycles. The van der Waals surface area contributed by atoms with Crippen molar-refractivity contribution in [2.24, 2.45) is 0 Å². The first-order valence-electron chi connectivity index (χ1n) is 4.90. The SMILES string of the molecule is O=C1CN(C2CCCOC2)CC(=O)N1. The van der Waals surface area contributed by atoms with Crippen LogP contribution in [0.25, 0.3) is 0 Å². The Kier molecular flexibility index (Phi) is 2.79. The predicted octanol–water partition coefficient (Wildman–Crippen LogP) is -0.876. The third-order valence-corrected chi connectivity index (χ3v) is 2.62. The van der Waals surface area contributed by atoms with Crippen molar-refractivity contribution in [1.29, 1.82) is 0 Å². The normalized spacial score (nSPS) is 30.1. The number of rotatable bonds is 1. The minimum absolute atomic E-state index is 0.202. The van der Waals surface area contributed by atoms with Crippen LogP contribution in [-0.2, 0) is 14.3 Å². The molecule has 2 fully saturated rings. The number of amides is 2. The van der Waals surface area contributed by atoms with Gasteiger partial charge in [-0.15, -0.1) is 0 Å². The smallest absolute Gasteiger partial charge is 0.240 e. The Labute approximate surface area is 82.4 Å². The van der Waals surface area contributed by atoms with Gasteiger partial charge in [-0.25, -0.2) is 0 Å². The van der Waals surface area contributed by atoms with E-state index in [1.54, 1.807) is 0 Å². The largest absolute Gasteiger partial charge is 0.380 e. The molecule has 0 aromatic carbocycles. The molecule has 0 radical (unpaired) electrons. The Hall–Kier alpha value is -0.940. The zero-order chi connectivity index (χ0) is 9.97. The maximum absolute atomic E-state index is 11.1. The fourth-order valence-electron chi connectivity index (χ4n) is 1.93. The number of imide groups is 1. The highest BCUT2D eigenvalue weighted by Gasteiger charge is 2.29. The number of carbonyl (C=O) groups is 2. The Morgan fingerprint density at radius 1 is 1.29 bits per heavy atom. The molecule has 14 heavy (non-hydrogen) atoms. The monoisotopic (exact) mass is 198 g/mol. The van der Waals surface area contributed by atoms with Crippen LogP contribution in [0, 0.1) is 0 Å². The van der Waals surface area contributed by atoms with Gasteiger partial charge < -0.3 is 4.74 Å². The van der Waals surface area contributed by atoms with Crippen molar-refractivity contribution in [2.45, 2.75) is 18.9 Å². The number of piperazine rings is 1. The van der Waals surface area contributed by atoms with E-state index < -0.39 is 0 Å². The number of ether oxygens (including phenoxy) is 1. The van der Waals surface area contributed by atoms with Crippen LogP contribution < -0.4 is 5.32 Å². The van der Waals surface area contributed by atoms with Gasteiger partial charge in [-0.1, -0.05) is 0 Å². The van der Waals surface area contributed by atoms with E-state index in [2.05, 4.69) is 5.32 Å². The van der Waals surface area contributed by atoms with Gasteiger partial charge in [0, 0.05) is 12.6 Å². The first-order valence-corrected chi connectivity index (χ1v) is 4.90. The second-order valence-corrected chi connectivity index (χ2v) is 3.75. The molecule has 2 aliphatic rings. The molecule has 0 aromatic rings. The molecule has 0 spiro atoms. The first-order chi connectivity index (χ1) is 6.75. The summed E-state index contributed by atoms with van der Waals surface area (Å²) in [5.74, 6) is -0.404. The first kappa shape index (κ1) is 9.61. The number of carbonyl (C=O) groups excluding carboxylic acids is 2. The molecule has 78 valence electrons. The van der Waals surface area contributed by atoms with E-state index in [4.69, 9.17) is 4.74 Å². The van der Waals surface area contributed by atoms with Gasteiger partial charge in [0.15, 0.2) is 0 Å². The number of nitrogens with zero attached hydrogens (tertiary/aromatic N) is 1. The standard InChI is InChI=1S/C9H14N2O3/c12-8-4-11(5-9(13)10-8)7-2-1-3-14-6-7/h7H,1-6H2,(H,10,12,13). The van der Waals surface area contributed by atoms with Crippen molar-refractivity contribution >= 4 is 11.8 Å². The fourth-order valence-corrected chi connectivity index (χ4v) is 1.93. The zero-order valence-electron chi connectivity index (χ0n) is 7.99. The van der Waals surface area contributed by atoms with E-state index in [0.717, 1.165) is 19.4 Å². The van der Waals surface area contributed by atoms with Gasteiger partial charge in [0.2, 0.25) is 11.8 Å². The van der Waals surface area contributed by atoms with Crippen molar-refractivity contribution in [3.63, 3.8) is 0 Å². The van der Waals surface area contributed by atoms with Crippen LogP contribution in [0.3, 0.4) is 0 Å². The molecular weight excluding hydrogens is 184 g/mol. The van der Waals surface area contributed by atoms with Crippen molar-refractivity contribution < 1.29 is 14.3 Å². The minimum atomic E-state index is -0.202. The molecule has 2 amide bonds. The highest BCUT2D eigenvalue weighted by molar-refractivity contribution is 5.99. The van der Waals surface area contributed by atoms with E-state index in [9.17, 15) is 9.59 Å². The average Bonchev–Trinajstić information content (AvgIpc) is 2.18. The lowest BCUT2D eigenvalue weighted by molar-refractivity contribution is -0.138. The molecule has 5 nitrogen and oxygen atoms in total. The zero-order valence-corrected chi connectivity index (χ0v) is 7.99. The highest BCUT2D eigenvalue weighted by atomic mass is 16.5. The van der Waals surface area contributed by atoms with Crippen LogP contribution in [0.2, 0.25) is 0 Å². The third-order valence-electron chi connectivity index (χ3n) is 2.62.